The number of carbonyl (C=O) groups excluding carboxylic acids is 1. The minimum atomic E-state index is -0.740. The van der Waals surface area contributed by atoms with Crippen molar-refractivity contribution in [3.63, 3.8) is 0 Å². The smallest absolute Gasteiger partial charge is 0.259 e. The molecule has 0 heterocycles. The van der Waals surface area contributed by atoms with Gasteiger partial charge in [-0.15, -0.1) is 0 Å². The number of nitrogens with one attached hydrogen (secondary N) is 1. The van der Waals surface area contributed by atoms with Gasteiger partial charge in [0.15, 0.2) is 0 Å². The summed E-state index contributed by atoms with van der Waals surface area (Å²) in [6.07, 6.45) is 0. The molecule has 2 rings (SSSR count). The molecule has 0 unspecified atom stereocenters. The van der Waals surface area contributed by atoms with Crippen molar-refractivity contribution in [2.24, 2.45) is 0 Å². The summed E-state index contributed by atoms with van der Waals surface area (Å²) in [7, 11) is 0. The third kappa shape index (κ3) is 2.79. The zero-order valence-corrected chi connectivity index (χ0v) is 9.65. The molecule has 0 saturated carbocycles. The third-order valence-electron chi connectivity index (χ3n) is 2.47. The van der Waals surface area contributed by atoms with Crippen LogP contribution in [0.3, 0.4) is 0 Å². The highest BCUT2D eigenvalue weighted by Gasteiger charge is 2.13. The molecule has 0 aliphatic carbocycles. The topological polar surface area (TPSA) is 75.3 Å². The largest absolute Gasteiger partial charge is 0.507 e. The first kappa shape index (κ1) is 12.8. The second-order valence-corrected chi connectivity index (χ2v) is 3.85. The van der Waals surface area contributed by atoms with Crippen LogP contribution in [0.15, 0.2) is 36.4 Å². The van der Waals surface area contributed by atoms with Crippen molar-refractivity contribution in [1.82, 2.24) is 0 Å². The fourth-order valence-corrected chi connectivity index (χ4v) is 1.53. The van der Waals surface area contributed by atoms with Crippen LogP contribution in [0.2, 0.25) is 0 Å². The molecule has 2 aromatic carbocycles. The second kappa shape index (κ2) is 4.93. The maximum absolute atomic E-state index is 13.0. The molecular formula is C13H10F2N2O2. The van der Waals surface area contributed by atoms with Gasteiger partial charge < -0.3 is 16.2 Å². The summed E-state index contributed by atoms with van der Waals surface area (Å²) in [5.74, 6) is -2.30. The SMILES string of the molecule is Nc1cc(F)ccc1NC(=O)c1cc(F)ccc1O. The lowest BCUT2D eigenvalue weighted by molar-refractivity contribution is 0.102. The first-order chi connectivity index (χ1) is 8.97. The fraction of sp³-hybridized carbons (Fsp3) is 0. The second-order valence-electron chi connectivity index (χ2n) is 3.85. The summed E-state index contributed by atoms with van der Waals surface area (Å²) >= 11 is 0. The van der Waals surface area contributed by atoms with Crippen LogP contribution in [0.5, 0.6) is 5.75 Å². The van der Waals surface area contributed by atoms with E-state index in [4.69, 9.17) is 5.73 Å². The lowest BCUT2D eigenvalue weighted by Gasteiger charge is -2.09. The van der Waals surface area contributed by atoms with E-state index >= 15 is 0 Å². The molecule has 0 aliphatic heterocycles. The predicted octanol–water partition coefficient (Wildman–Crippen LogP) is 2.50. The van der Waals surface area contributed by atoms with Gasteiger partial charge in [0.05, 0.1) is 16.9 Å². The number of halogens is 2. The van der Waals surface area contributed by atoms with Crippen LogP contribution in [0.4, 0.5) is 20.2 Å². The van der Waals surface area contributed by atoms with E-state index in [1.54, 1.807) is 0 Å². The average Bonchev–Trinajstić information content (AvgIpc) is 2.35. The molecule has 98 valence electrons. The van der Waals surface area contributed by atoms with Crippen LogP contribution < -0.4 is 11.1 Å². The number of hydrogen-bond acceptors (Lipinski definition) is 3. The van der Waals surface area contributed by atoms with Gasteiger partial charge >= 0.3 is 0 Å². The highest BCUT2D eigenvalue weighted by molar-refractivity contribution is 6.07. The molecule has 19 heavy (non-hydrogen) atoms. The first-order valence-electron chi connectivity index (χ1n) is 5.32. The van der Waals surface area contributed by atoms with Crippen LogP contribution in [-0.2, 0) is 0 Å². The molecule has 0 bridgehead atoms. The molecule has 4 N–H and O–H groups in total. The summed E-state index contributed by atoms with van der Waals surface area (Å²) in [4.78, 5) is 11.8. The van der Waals surface area contributed by atoms with Gasteiger partial charge in [-0.05, 0) is 36.4 Å². The van der Waals surface area contributed by atoms with Gasteiger partial charge in [0, 0.05) is 0 Å². The third-order valence-corrected chi connectivity index (χ3v) is 2.47. The van der Waals surface area contributed by atoms with Crippen molar-refractivity contribution in [3.8, 4) is 5.75 Å². The molecule has 0 fully saturated rings. The monoisotopic (exact) mass is 264 g/mol. The van der Waals surface area contributed by atoms with Crippen LogP contribution in [0.1, 0.15) is 10.4 Å². The summed E-state index contributed by atoms with van der Waals surface area (Å²) in [6.45, 7) is 0. The quantitative estimate of drug-likeness (QED) is 0.729. The van der Waals surface area contributed by atoms with E-state index in [1.807, 2.05) is 0 Å². The van der Waals surface area contributed by atoms with E-state index in [1.165, 1.54) is 6.07 Å². The Labute approximate surface area is 107 Å². The molecule has 0 spiro atoms. The van der Waals surface area contributed by atoms with Crippen LogP contribution in [-0.4, -0.2) is 11.0 Å². The summed E-state index contributed by atoms with van der Waals surface area (Å²) in [5, 5.41) is 11.8. The number of phenols is 1. The van der Waals surface area contributed by atoms with Crippen molar-refractivity contribution in [1.29, 1.82) is 0 Å². The van der Waals surface area contributed by atoms with Gasteiger partial charge in [-0.2, -0.15) is 0 Å². The zero-order valence-electron chi connectivity index (χ0n) is 9.65. The zero-order chi connectivity index (χ0) is 14.0. The predicted molar refractivity (Wildman–Crippen MR) is 66.8 cm³/mol. The molecule has 2 aromatic rings. The van der Waals surface area contributed by atoms with Crippen molar-refractivity contribution >= 4 is 17.3 Å². The highest BCUT2D eigenvalue weighted by Crippen LogP contribution is 2.23. The Kier molecular flexibility index (Phi) is 3.33. The number of hydrogen-bond donors (Lipinski definition) is 3. The maximum Gasteiger partial charge on any atom is 0.259 e. The van der Waals surface area contributed by atoms with Gasteiger partial charge in [-0.25, -0.2) is 8.78 Å². The number of carbonyl (C=O) groups is 1. The van der Waals surface area contributed by atoms with Crippen molar-refractivity contribution in [3.05, 3.63) is 53.6 Å². The Balaban J connectivity index is 2.28. The van der Waals surface area contributed by atoms with Crippen molar-refractivity contribution in [2.45, 2.75) is 0 Å². The number of anilines is 2. The van der Waals surface area contributed by atoms with E-state index in [0.717, 1.165) is 30.3 Å². The highest BCUT2D eigenvalue weighted by atomic mass is 19.1. The molecule has 4 nitrogen and oxygen atoms in total. The minimum absolute atomic E-state index is 0.0317. The van der Waals surface area contributed by atoms with E-state index in [-0.39, 0.29) is 22.7 Å². The van der Waals surface area contributed by atoms with Crippen molar-refractivity contribution in [2.75, 3.05) is 11.1 Å². The first-order valence-corrected chi connectivity index (χ1v) is 5.32. The number of benzene rings is 2. The van der Waals surface area contributed by atoms with Crippen LogP contribution >= 0.6 is 0 Å². The summed E-state index contributed by atoms with van der Waals surface area (Å²) in [5.41, 5.74) is 5.50. The maximum atomic E-state index is 13.0. The van der Waals surface area contributed by atoms with E-state index in [0.29, 0.717) is 0 Å². The van der Waals surface area contributed by atoms with Gasteiger partial charge in [0.1, 0.15) is 17.4 Å². The lowest BCUT2D eigenvalue weighted by Crippen LogP contribution is -2.13. The van der Waals surface area contributed by atoms with Crippen molar-refractivity contribution < 1.29 is 18.7 Å². The number of aromatic hydroxyl groups is 1. The van der Waals surface area contributed by atoms with Gasteiger partial charge in [0.2, 0.25) is 0 Å². The van der Waals surface area contributed by atoms with Gasteiger partial charge in [-0.3, -0.25) is 4.79 Å². The minimum Gasteiger partial charge on any atom is -0.507 e. The average molecular weight is 264 g/mol. The Morgan fingerprint density at radius 2 is 1.74 bits per heavy atom. The Bertz CT molecular complexity index is 645. The van der Waals surface area contributed by atoms with Gasteiger partial charge in [-0.1, -0.05) is 0 Å². The lowest BCUT2D eigenvalue weighted by atomic mass is 10.1. The molecule has 0 radical (unpaired) electrons. The molecular weight excluding hydrogens is 254 g/mol. The normalized spacial score (nSPS) is 10.2. The molecule has 0 atom stereocenters. The van der Waals surface area contributed by atoms with Crippen LogP contribution in [0.25, 0.3) is 0 Å². The number of amides is 1. The van der Waals surface area contributed by atoms with E-state index in [9.17, 15) is 18.7 Å². The Morgan fingerprint density at radius 3 is 2.42 bits per heavy atom. The van der Waals surface area contributed by atoms with Crippen LogP contribution in [0, 0.1) is 11.6 Å². The Morgan fingerprint density at radius 1 is 1.11 bits per heavy atom. The number of nitrogens with two attached hydrogens (primary N) is 1. The fourth-order valence-electron chi connectivity index (χ4n) is 1.53. The molecule has 1 amide bonds. The number of rotatable bonds is 2. The molecule has 0 aliphatic rings. The van der Waals surface area contributed by atoms with E-state index < -0.39 is 17.5 Å². The number of phenolic OH excluding ortho intramolecular Hbond substituents is 1. The number of nitrogen functional groups attached to an aromatic ring is 1. The Hall–Kier alpha value is -2.63. The van der Waals surface area contributed by atoms with Gasteiger partial charge in [0.25, 0.3) is 5.91 Å². The molecule has 0 saturated heterocycles. The summed E-state index contributed by atoms with van der Waals surface area (Å²) < 4.78 is 25.9. The van der Waals surface area contributed by atoms with E-state index in [2.05, 4.69) is 5.32 Å². The standard InChI is InChI=1S/C13H10F2N2O2/c14-7-2-4-12(18)9(5-7)13(19)17-11-3-1-8(15)6-10(11)16/h1-6,18H,16H2,(H,17,19). The molecule has 6 heteroatoms. The summed E-state index contributed by atoms with van der Waals surface area (Å²) in [6, 6.07) is 6.43. The molecule has 0 aromatic heterocycles.